The fourth-order valence-corrected chi connectivity index (χ4v) is 1.56. The highest BCUT2D eigenvalue weighted by molar-refractivity contribution is 8.11. The van der Waals surface area contributed by atoms with Crippen LogP contribution in [0.2, 0.25) is 0 Å². The maximum Gasteiger partial charge on any atom is 0.180 e. The molecule has 0 bridgehead atoms. The molecular formula is C11H10O2S. The van der Waals surface area contributed by atoms with Crippen LogP contribution >= 0.6 is 11.8 Å². The first kappa shape index (κ1) is 10.7. The van der Waals surface area contributed by atoms with E-state index in [1.165, 1.54) is 0 Å². The second-order valence-electron chi connectivity index (χ2n) is 2.76. The third-order valence-electron chi connectivity index (χ3n) is 1.66. The van der Waals surface area contributed by atoms with Gasteiger partial charge in [-0.3, -0.25) is 9.59 Å². The molecule has 1 rings (SSSR count). The van der Waals surface area contributed by atoms with E-state index >= 15 is 0 Å². The van der Waals surface area contributed by atoms with Gasteiger partial charge in [-0.15, -0.1) is 0 Å². The highest BCUT2D eigenvalue weighted by Gasteiger charge is 1.98. The summed E-state index contributed by atoms with van der Waals surface area (Å²) >= 11 is 1.11. The zero-order valence-electron chi connectivity index (χ0n) is 7.77. The van der Waals surface area contributed by atoms with Gasteiger partial charge < -0.3 is 0 Å². The first-order valence-corrected chi connectivity index (χ1v) is 4.98. The maximum atomic E-state index is 10.4. The second kappa shape index (κ2) is 5.40. The number of allylic oxidation sites excluding steroid dienone is 1. The summed E-state index contributed by atoms with van der Waals surface area (Å²) in [5.74, 6) is 0. The third-order valence-corrected chi connectivity index (χ3v) is 2.39. The summed E-state index contributed by atoms with van der Waals surface area (Å²) in [5, 5.41) is 0. The number of hydrogen-bond acceptors (Lipinski definition) is 3. The molecule has 1 aromatic carbocycles. The Hall–Kier alpha value is -1.35. The van der Waals surface area contributed by atoms with Crippen LogP contribution in [0, 0.1) is 0 Å². The number of carbonyl (C=O) groups is 2. The van der Waals surface area contributed by atoms with E-state index in [0.717, 1.165) is 34.1 Å². The van der Waals surface area contributed by atoms with E-state index in [1.54, 1.807) is 13.0 Å². The van der Waals surface area contributed by atoms with Crippen molar-refractivity contribution in [2.75, 3.05) is 0 Å². The summed E-state index contributed by atoms with van der Waals surface area (Å²) in [4.78, 5) is 21.7. The predicted molar refractivity (Wildman–Crippen MR) is 58.8 cm³/mol. The van der Waals surface area contributed by atoms with Crippen LogP contribution in [-0.2, 0) is 9.59 Å². The molecule has 0 aliphatic rings. The summed E-state index contributed by atoms with van der Waals surface area (Å²) in [7, 11) is 0. The topological polar surface area (TPSA) is 34.1 Å². The average Bonchev–Trinajstić information content (AvgIpc) is 2.21. The Kier molecular flexibility index (Phi) is 4.13. The summed E-state index contributed by atoms with van der Waals surface area (Å²) < 4.78 is 0. The lowest BCUT2D eigenvalue weighted by atomic mass is 10.1. The number of carbonyl (C=O) groups excluding carboxylic acids is 2. The molecule has 1 aromatic rings. The fourth-order valence-electron chi connectivity index (χ4n) is 1.04. The lowest BCUT2D eigenvalue weighted by molar-refractivity contribution is -0.104. The van der Waals surface area contributed by atoms with Gasteiger partial charge in [-0.05, 0) is 30.2 Å². The van der Waals surface area contributed by atoms with Gasteiger partial charge >= 0.3 is 0 Å². The summed E-state index contributed by atoms with van der Waals surface area (Å²) in [5.41, 5.74) is 2.32. The van der Waals surface area contributed by atoms with Crippen LogP contribution in [0.3, 0.4) is 0 Å². The van der Waals surface area contributed by atoms with Crippen LogP contribution in [0.15, 0.2) is 34.7 Å². The van der Waals surface area contributed by atoms with Gasteiger partial charge in [0.2, 0.25) is 0 Å². The molecule has 0 aliphatic carbocycles. The summed E-state index contributed by atoms with van der Waals surface area (Å²) in [6.45, 7) is 1.73. The van der Waals surface area contributed by atoms with Crippen molar-refractivity contribution in [3.63, 3.8) is 0 Å². The Balaban J connectivity index is 3.06. The number of rotatable bonds is 4. The van der Waals surface area contributed by atoms with Crippen molar-refractivity contribution in [3.8, 4) is 0 Å². The van der Waals surface area contributed by atoms with E-state index in [9.17, 15) is 9.59 Å². The average molecular weight is 206 g/mol. The van der Waals surface area contributed by atoms with Crippen molar-refractivity contribution in [2.24, 2.45) is 0 Å². The molecule has 0 fully saturated rings. The normalized spacial score (nSPS) is 11.1. The fraction of sp³-hybridized carbons (Fsp3) is 0.0909. The van der Waals surface area contributed by atoms with Crippen molar-refractivity contribution in [1.29, 1.82) is 0 Å². The van der Waals surface area contributed by atoms with Crippen molar-refractivity contribution < 1.29 is 9.59 Å². The van der Waals surface area contributed by atoms with Gasteiger partial charge in [0, 0.05) is 4.90 Å². The van der Waals surface area contributed by atoms with E-state index in [-0.39, 0.29) is 0 Å². The van der Waals surface area contributed by atoms with Crippen LogP contribution in [0.25, 0.3) is 6.08 Å². The van der Waals surface area contributed by atoms with Crippen LogP contribution in [0.5, 0.6) is 0 Å². The van der Waals surface area contributed by atoms with E-state index < -0.39 is 0 Å². The Bertz CT molecular complexity index is 369. The highest BCUT2D eigenvalue weighted by atomic mass is 32.2. The number of benzene rings is 1. The second-order valence-corrected chi connectivity index (χ2v) is 3.63. The van der Waals surface area contributed by atoms with E-state index in [2.05, 4.69) is 0 Å². The Morgan fingerprint density at radius 3 is 2.64 bits per heavy atom. The minimum absolute atomic E-state index is 0.643. The standard InChI is InChI=1S/C11H10O2S/c1-9(7-12)6-10-4-2-3-5-11(10)14-8-13/h2-8H,1H3. The van der Waals surface area contributed by atoms with Crippen molar-refractivity contribution in [1.82, 2.24) is 0 Å². The molecular weight excluding hydrogens is 196 g/mol. The third kappa shape index (κ3) is 2.85. The van der Waals surface area contributed by atoms with Crippen molar-refractivity contribution in [3.05, 3.63) is 35.4 Å². The number of aldehydes is 1. The molecule has 0 aliphatic heterocycles. The molecule has 2 nitrogen and oxygen atoms in total. The predicted octanol–water partition coefficient (Wildman–Crippen LogP) is 2.57. The molecule has 0 saturated carbocycles. The smallest absolute Gasteiger partial charge is 0.180 e. The number of thioether (sulfide) groups is 1. The van der Waals surface area contributed by atoms with Crippen LogP contribution < -0.4 is 0 Å². The monoisotopic (exact) mass is 206 g/mol. The lowest BCUT2D eigenvalue weighted by Gasteiger charge is -2.00. The first-order chi connectivity index (χ1) is 6.77. The molecule has 0 heterocycles. The Labute approximate surface area is 87.0 Å². The van der Waals surface area contributed by atoms with Crippen LogP contribution in [0.1, 0.15) is 12.5 Å². The van der Waals surface area contributed by atoms with Gasteiger partial charge in [-0.1, -0.05) is 30.0 Å². The van der Waals surface area contributed by atoms with Gasteiger partial charge in [0.15, 0.2) is 5.62 Å². The van der Waals surface area contributed by atoms with Gasteiger partial charge in [0.1, 0.15) is 6.29 Å². The van der Waals surface area contributed by atoms with Gasteiger partial charge in [-0.25, -0.2) is 0 Å². The Morgan fingerprint density at radius 2 is 2.00 bits per heavy atom. The minimum Gasteiger partial charge on any atom is -0.298 e. The van der Waals surface area contributed by atoms with E-state index in [1.807, 2.05) is 24.3 Å². The number of hydrogen-bond donors (Lipinski definition) is 0. The molecule has 14 heavy (non-hydrogen) atoms. The zero-order chi connectivity index (χ0) is 10.4. The van der Waals surface area contributed by atoms with Crippen molar-refractivity contribution >= 4 is 29.7 Å². The molecule has 0 unspecified atom stereocenters. The summed E-state index contributed by atoms with van der Waals surface area (Å²) in [6.07, 6.45) is 2.56. The van der Waals surface area contributed by atoms with Gasteiger partial charge in [0.25, 0.3) is 0 Å². The van der Waals surface area contributed by atoms with E-state index in [4.69, 9.17) is 0 Å². The molecule has 0 N–H and O–H groups in total. The molecule has 0 saturated heterocycles. The first-order valence-electron chi connectivity index (χ1n) is 4.10. The largest absolute Gasteiger partial charge is 0.298 e. The molecule has 72 valence electrons. The molecule has 0 radical (unpaired) electrons. The molecule has 0 spiro atoms. The molecule has 0 atom stereocenters. The highest BCUT2D eigenvalue weighted by Crippen LogP contribution is 2.22. The van der Waals surface area contributed by atoms with Crippen LogP contribution in [-0.4, -0.2) is 11.9 Å². The molecule has 0 aromatic heterocycles. The minimum atomic E-state index is 0.643. The molecule has 0 amide bonds. The Morgan fingerprint density at radius 1 is 1.29 bits per heavy atom. The SMILES string of the molecule is CC(C=O)=Cc1ccccc1SC=O. The quantitative estimate of drug-likeness (QED) is 0.431. The van der Waals surface area contributed by atoms with Gasteiger partial charge in [0.05, 0.1) is 0 Å². The van der Waals surface area contributed by atoms with E-state index in [0.29, 0.717) is 5.57 Å². The van der Waals surface area contributed by atoms with Crippen LogP contribution in [0.4, 0.5) is 0 Å². The zero-order valence-corrected chi connectivity index (χ0v) is 8.58. The van der Waals surface area contributed by atoms with Gasteiger partial charge in [-0.2, -0.15) is 0 Å². The lowest BCUT2D eigenvalue weighted by Crippen LogP contribution is -1.82. The maximum absolute atomic E-state index is 10.4. The molecule has 3 heteroatoms. The summed E-state index contributed by atoms with van der Waals surface area (Å²) in [6, 6.07) is 7.46. The van der Waals surface area contributed by atoms with Crippen molar-refractivity contribution in [2.45, 2.75) is 11.8 Å².